The highest BCUT2D eigenvalue weighted by molar-refractivity contribution is 6.21. The fraction of sp³-hybridized carbons (Fsp3) is 0.591. The second-order valence-electron chi connectivity index (χ2n) is 7.59. The van der Waals surface area contributed by atoms with Crippen LogP contribution in [-0.2, 0) is 0 Å². The number of rotatable bonds is 9. The van der Waals surface area contributed by atoms with Gasteiger partial charge in [-0.05, 0) is 57.8 Å². The van der Waals surface area contributed by atoms with Crippen molar-refractivity contribution in [3.05, 3.63) is 35.4 Å². The Hall–Kier alpha value is -2.41. The van der Waals surface area contributed by atoms with Crippen LogP contribution in [0.1, 0.15) is 60.2 Å². The summed E-state index contributed by atoms with van der Waals surface area (Å²) in [5.41, 5.74) is 1.04. The maximum absolute atomic E-state index is 12.4. The summed E-state index contributed by atoms with van der Waals surface area (Å²) in [4.78, 5) is 33.4. The zero-order valence-corrected chi connectivity index (χ0v) is 17.6. The van der Waals surface area contributed by atoms with Crippen molar-refractivity contribution in [2.45, 2.75) is 45.6 Å². The average Bonchev–Trinajstić information content (AvgIpc) is 3.29. The van der Waals surface area contributed by atoms with Crippen LogP contribution in [0.15, 0.2) is 29.3 Å². The summed E-state index contributed by atoms with van der Waals surface area (Å²) in [6.07, 6.45) is 4.11. The van der Waals surface area contributed by atoms with Crippen LogP contribution in [0.5, 0.6) is 0 Å². The van der Waals surface area contributed by atoms with Gasteiger partial charge in [-0.1, -0.05) is 19.1 Å². The van der Waals surface area contributed by atoms with Crippen molar-refractivity contribution < 1.29 is 9.59 Å². The van der Waals surface area contributed by atoms with Gasteiger partial charge in [0.25, 0.3) is 11.8 Å². The van der Waals surface area contributed by atoms with E-state index in [-0.39, 0.29) is 11.8 Å². The van der Waals surface area contributed by atoms with Gasteiger partial charge in [0.15, 0.2) is 5.96 Å². The second kappa shape index (κ2) is 10.4. The van der Waals surface area contributed by atoms with Gasteiger partial charge in [0, 0.05) is 25.7 Å². The fourth-order valence-electron chi connectivity index (χ4n) is 4.10. The lowest BCUT2D eigenvalue weighted by atomic mass is 10.1. The van der Waals surface area contributed by atoms with Crippen LogP contribution in [-0.4, -0.2) is 72.9 Å². The smallest absolute Gasteiger partial charge is 0.261 e. The molecule has 1 fully saturated rings. The van der Waals surface area contributed by atoms with Crippen molar-refractivity contribution >= 4 is 17.8 Å². The monoisotopic (exact) mass is 399 g/mol. The molecule has 2 amide bonds. The van der Waals surface area contributed by atoms with Gasteiger partial charge in [-0.3, -0.25) is 24.4 Å². The van der Waals surface area contributed by atoms with E-state index in [0.717, 1.165) is 45.0 Å². The van der Waals surface area contributed by atoms with Crippen LogP contribution in [0.4, 0.5) is 0 Å². The minimum atomic E-state index is -0.175. The zero-order chi connectivity index (χ0) is 20.6. The number of hydrogen-bond acceptors (Lipinski definition) is 4. The van der Waals surface area contributed by atoms with Crippen LogP contribution >= 0.6 is 0 Å². The van der Waals surface area contributed by atoms with Crippen LogP contribution in [0.25, 0.3) is 0 Å². The number of benzene rings is 1. The number of aliphatic imine (C=N–C) groups is 1. The fourth-order valence-corrected chi connectivity index (χ4v) is 4.10. The van der Waals surface area contributed by atoms with E-state index in [9.17, 15) is 9.59 Å². The lowest BCUT2D eigenvalue weighted by Gasteiger charge is -2.21. The molecule has 0 saturated carbocycles. The third kappa shape index (κ3) is 5.15. The molecule has 3 rings (SSSR count). The molecule has 1 aromatic rings. The number of imide groups is 1. The Morgan fingerprint density at radius 2 is 1.83 bits per heavy atom. The molecule has 1 aromatic carbocycles. The standard InChI is InChI=1S/C22H33N5O2/c1-3-23-22(25-16-17-10-9-14-26(17)4-2)24-13-7-8-15-27-20(28)18-11-5-6-12-19(18)21(27)29/h5-6,11-12,17H,3-4,7-10,13-16H2,1-2H3,(H2,23,24,25). The summed E-state index contributed by atoms with van der Waals surface area (Å²) in [5, 5.41) is 6.67. The molecule has 7 heteroatoms. The molecule has 2 N–H and O–H groups in total. The van der Waals surface area contributed by atoms with Crippen LogP contribution in [0.3, 0.4) is 0 Å². The SMILES string of the molecule is CCNC(=NCC1CCCN1CC)NCCCCN1C(=O)c2ccccc2C1=O. The molecule has 1 atom stereocenters. The van der Waals surface area contributed by atoms with Gasteiger partial charge in [0.05, 0.1) is 17.7 Å². The number of guanidine groups is 1. The summed E-state index contributed by atoms with van der Waals surface area (Å²) in [5.74, 6) is 0.493. The lowest BCUT2D eigenvalue weighted by Crippen LogP contribution is -2.40. The molecule has 0 aromatic heterocycles. The number of amides is 2. The number of hydrogen-bond donors (Lipinski definition) is 2. The lowest BCUT2D eigenvalue weighted by molar-refractivity contribution is 0.0652. The Bertz CT molecular complexity index is 713. The number of likely N-dealkylation sites (N-methyl/N-ethyl adjacent to an activating group) is 1. The topological polar surface area (TPSA) is 77.0 Å². The van der Waals surface area contributed by atoms with E-state index in [0.29, 0.717) is 23.7 Å². The normalized spacial score (nSPS) is 19.7. The van der Waals surface area contributed by atoms with E-state index < -0.39 is 0 Å². The Labute approximate surface area is 173 Å². The molecule has 0 spiro atoms. The molecule has 0 bridgehead atoms. The highest BCUT2D eigenvalue weighted by atomic mass is 16.2. The second-order valence-corrected chi connectivity index (χ2v) is 7.59. The van der Waals surface area contributed by atoms with Gasteiger partial charge in [0.2, 0.25) is 0 Å². The van der Waals surface area contributed by atoms with Gasteiger partial charge in [-0.2, -0.15) is 0 Å². The molecule has 7 nitrogen and oxygen atoms in total. The molecule has 1 unspecified atom stereocenters. The van der Waals surface area contributed by atoms with E-state index in [2.05, 4.69) is 29.4 Å². The first-order valence-electron chi connectivity index (χ1n) is 10.9. The van der Waals surface area contributed by atoms with Crippen molar-refractivity contribution in [3.63, 3.8) is 0 Å². The van der Waals surface area contributed by atoms with Crippen molar-refractivity contribution in [1.82, 2.24) is 20.4 Å². The predicted octanol–water partition coefficient (Wildman–Crippen LogP) is 2.10. The summed E-state index contributed by atoms with van der Waals surface area (Å²) in [7, 11) is 0. The summed E-state index contributed by atoms with van der Waals surface area (Å²) >= 11 is 0. The Morgan fingerprint density at radius 1 is 1.10 bits per heavy atom. The Balaban J connectivity index is 1.41. The van der Waals surface area contributed by atoms with Crippen molar-refractivity contribution in [2.24, 2.45) is 4.99 Å². The zero-order valence-electron chi connectivity index (χ0n) is 17.6. The van der Waals surface area contributed by atoms with Crippen LogP contribution in [0.2, 0.25) is 0 Å². The summed E-state index contributed by atoms with van der Waals surface area (Å²) < 4.78 is 0. The molecule has 158 valence electrons. The highest BCUT2D eigenvalue weighted by Gasteiger charge is 2.34. The number of carbonyl (C=O) groups is 2. The minimum absolute atomic E-state index is 0.175. The summed E-state index contributed by atoms with van der Waals surface area (Å²) in [6.45, 7) is 9.39. The van der Waals surface area contributed by atoms with E-state index in [1.54, 1.807) is 24.3 Å². The number of carbonyl (C=O) groups excluding carboxylic acids is 2. The maximum atomic E-state index is 12.4. The van der Waals surface area contributed by atoms with Crippen LogP contribution < -0.4 is 10.6 Å². The van der Waals surface area contributed by atoms with Gasteiger partial charge < -0.3 is 10.6 Å². The van der Waals surface area contributed by atoms with E-state index in [1.165, 1.54) is 24.3 Å². The number of fused-ring (bicyclic) bond motifs is 1. The molecule has 1 saturated heterocycles. The average molecular weight is 400 g/mol. The van der Waals surface area contributed by atoms with E-state index in [4.69, 9.17) is 4.99 Å². The summed E-state index contributed by atoms with van der Waals surface area (Å²) in [6, 6.07) is 7.58. The number of likely N-dealkylation sites (tertiary alicyclic amines) is 1. The first kappa shape index (κ1) is 21.3. The van der Waals surface area contributed by atoms with Gasteiger partial charge >= 0.3 is 0 Å². The molecular formula is C22H33N5O2. The van der Waals surface area contributed by atoms with Crippen molar-refractivity contribution in [1.29, 1.82) is 0 Å². The highest BCUT2D eigenvalue weighted by Crippen LogP contribution is 2.22. The third-order valence-electron chi connectivity index (χ3n) is 5.69. The van der Waals surface area contributed by atoms with Gasteiger partial charge in [0.1, 0.15) is 0 Å². The molecule has 2 heterocycles. The maximum Gasteiger partial charge on any atom is 0.261 e. The van der Waals surface area contributed by atoms with Crippen LogP contribution in [0, 0.1) is 0 Å². The number of unbranched alkanes of at least 4 members (excludes halogenated alkanes) is 1. The third-order valence-corrected chi connectivity index (χ3v) is 5.69. The first-order valence-corrected chi connectivity index (χ1v) is 10.9. The molecule has 29 heavy (non-hydrogen) atoms. The Kier molecular flexibility index (Phi) is 7.63. The minimum Gasteiger partial charge on any atom is -0.357 e. The molecule has 0 aliphatic carbocycles. The van der Waals surface area contributed by atoms with Crippen molar-refractivity contribution in [2.75, 3.05) is 39.3 Å². The quantitative estimate of drug-likeness (QED) is 0.288. The largest absolute Gasteiger partial charge is 0.357 e. The van der Waals surface area contributed by atoms with Crippen molar-refractivity contribution in [3.8, 4) is 0 Å². The first-order chi connectivity index (χ1) is 14.2. The predicted molar refractivity (Wildman–Crippen MR) is 115 cm³/mol. The molecular weight excluding hydrogens is 366 g/mol. The van der Waals surface area contributed by atoms with Gasteiger partial charge in [-0.25, -0.2) is 0 Å². The number of nitrogens with zero attached hydrogens (tertiary/aromatic N) is 3. The molecule has 0 radical (unpaired) electrons. The number of nitrogens with one attached hydrogen (secondary N) is 2. The van der Waals surface area contributed by atoms with E-state index in [1.807, 2.05) is 0 Å². The Morgan fingerprint density at radius 3 is 2.48 bits per heavy atom. The van der Waals surface area contributed by atoms with E-state index >= 15 is 0 Å². The molecule has 2 aliphatic rings. The van der Waals surface area contributed by atoms with Gasteiger partial charge in [-0.15, -0.1) is 0 Å². The molecule has 2 aliphatic heterocycles.